The Labute approximate surface area is 140 Å². The van der Waals surface area contributed by atoms with Crippen molar-refractivity contribution >= 4 is 22.5 Å². The van der Waals surface area contributed by atoms with Gasteiger partial charge >= 0.3 is 0 Å². The van der Waals surface area contributed by atoms with Gasteiger partial charge in [0.2, 0.25) is 0 Å². The fourth-order valence-corrected chi connectivity index (χ4v) is 2.96. The molecule has 0 amide bonds. The van der Waals surface area contributed by atoms with Crippen molar-refractivity contribution in [3.8, 4) is 11.8 Å². The van der Waals surface area contributed by atoms with Crippen LogP contribution in [0.1, 0.15) is 12.0 Å². The summed E-state index contributed by atoms with van der Waals surface area (Å²) in [6.45, 7) is 5.88. The zero-order chi connectivity index (χ0) is 16.1. The number of pyridine rings is 1. The molecule has 0 radical (unpaired) electrons. The summed E-state index contributed by atoms with van der Waals surface area (Å²) in [4.78, 5) is 6.71. The quantitative estimate of drug-likeness (QED) is 0.853. The molecule has 0 aliphatic carbocycles. The van der Waals surface area contributed by atoms with Gasteiger partial charge in [0.05, 0.1) is 22.7 Å². The van der Waals surface area contributed by atoms with E-state index in [1.807, 2.05) is 0 Å². The Balaban J connectivity index is 1.64. The van der Waals surface area contributed by atoms with Gasteiger partial charge in [0, 0.05) is 50.4 Å². The lowest BCUT2D eigenvalue weighted by atomic mass is 10.1. The SMILES string of the molecule is N#Cc1cc2c(Cl)ccnc2cc1OCCCN1CCNCC1. The first-order chi connectivity index (χ1) is 11.3. The molecule has 6 heteroatoms. The number of nitrogens with zero attached hydrogens (tertiary/aromatic N) is 3. The van der Waals surface area contributed by atoms with Crippen molar-refractivity contribution in [2.24, 2.45) is 0 Å². The molecule has 5 nitrogen and oxygen atoms in total. The van der Waals surface area contributed by atoms with E-state index in [9.17, 15) is 5.26 Å². The molecular formula is C17H19ClN4O. The lowest BCUT2D eigenvalue weighted by molar-refractivity contribution is 0.214. The lowest BCUT2D eigenvalue weighted by Crippen LogP contribution is -2.43. The maximum atomic E-state index is 9.32. The van der Waals surface area contributed by atoms with E-state index in [1.54, 1.807) is 24.4 Å². The Morgan fingerprint density at radius 3 is 2.96 bits per heavy atom. The van der Waals surface area contributed by atoms with Crippen molar-refractivity contribution in [3.05, 3.63) is 35.0 Å². The summed E-state index contributed by atoms with van der Waals surface area (Å²) in [7, 11) is 0. The second kappa shape index (κ2) is 7.60. The summed E-state index contributed by atoms with van der Waals surface area (Å²) >= 11 is 6.15. The number of hydrogen-bond acceptors (Lipinski definition) is 5. The molecule has 0 bridgehead atoms. The number of ether oxygens (including phenoxy) is 1. The van der Waals surface area contributed by atoms with Gasteiger partial charge in [-0.2, -0.15) is 5.26 Å². The highest BCUT2D eigenvalue weighted by molar-refractivity contribution is 6.35. The third-order valence-electron chi connectivity index (χ3n) is 4.00. The van der Waals surface area contributed by atoms with Gasteiger partial charge in [-0.15, -0.1) is 0 Å². The summed E-state index contributed by atoms with van der Waals surface area (Å²) in [6, 6.07) is 7.44. The number of benzene rings is 1. The number of fused-ring (bicyclic) bond motifs is 1. The summed E-state index contributed by atoms with van der Waals surface area (Å²) in [6.07, 6.45) is 2.59. The smallest absolute Gasteiger partial charge is 0.139 e. The number of halogens is 1. The van der Waals surface area contributed by atoms with Crippen LogP contribution >= 0.6 is 11.6 Å². The predicted molar refractivity (Wildman–Crippen MR) is 90.9 cm³/mol. The van der Waals surface area contributed by atoms with Crippen molar-refractivity contribution in [2.45, 2.75) is 6.42 Å². The van der Waals surface area contributed by atoms with Gasteiger partial charge in [-0.3, -0.25) is 4.98 Å². The topological polar surface area (TPSA) is 61.2 Å². The highest BCUT2D eigenvalue weighted by Gasteiger charge is 2.11. The number of rotatable bonds is 5. The first kappa shape index (κ1) is 16.0. The molecule has 1 aliphatic heterocycles. The summed E-state index contributed by atoms with van der Waals surface area (Å²) in [5.41, 5.74) is 1.24. The van der Waals surface area contributed by atoms with Gasteiger partial charge in [-0.05, 0) is 18.6 Å². The number of nitrogens with one attached hydrogen (secondary N) is 1. The van der Waals surface area contributed by atoms with Crippen molar-refractivity contribution in [2.75, 3.05) is 39.3 Å². The Bertz CT molecular complexity index is 722. The van der Waals surface area contributed by atoms with E-state index in [0.29, 0.717) is 22.9 Å². The summed E-state index contributed by atoms with van der Waals surface area (Å²) in [5.74, 6) is 0.579. The van der Waals surface area contributed by atoms with E-state index in [2.05, 4.69) is 21.3 Å². The minimum atomic E-state index is 0.495. The molecule has 0 atom stereocenters. The monoisotopic (exact) mass is 330 g/mol. The minimum absolute atomic E-state index is 0.495. The average molecular weight is 331 g/mol. The molecule has 23 heavy (non-hydrogen) atoms. The normalized spacial score (nSPS) is 15.5. The van der Waals surface area contributed by atoms with Gasteiger partial charge in [0.25, 0.3) is 0 Å². The highest BCUT2D eigenvalue weighted by Crippen LogP contribution is 2.28. The molecule has 0 unspecified atom stereocenters. The first-order valence-electron chi connectivity index (χ1n) is 7.82. The largest absolute Gasteiger partial charge is 0.492 e. The fraction of sp³-hybridized carbons (Fsp3) is 0.412. The Morgan fingerprint density at radius 2 is 2.17 bits per heavy atom. The van der Waals surface area contributed by atoms with E-state index < -0.39 is 0 Å². The van der Waals surface area contributed by atoms with E-state index in [4.69, 9.17) is 16.3 Å². The molecule has 0 spiro atoms. The van der Waals surface area contributed by atoms with Crippen LogP contribution in [0.5, 0.6) is 5.75 Å². The van der Waals surface area contributed by atoms with Gasteiger partial charge in [0.15, 0.2) is 0 Å². The van der Waals surface area contributed by atoms with Crippen LogP contribution in [0.2, 0.25) is 5.02 Å². The van der Waals surface area contributed by atoms with Crippen LogP contribution in [0.3, 0.4) is 0 Å². The van der Waals surface area contributed by atoms with E-state index in [0.717, 1.165) is 50.0 Å². The van der Waals surface area contributed by atoms with Crippen molar-refractivity contribution in [1.82, 2.24) is 15.2 Å². The molecule has 2 aromatic rings. The second-order valence-electron chi connectivity index (χ2n) is 5.56. The van der Waals surface area contributed by atoms with E-state index in [1.165, 1.54) is 0 Å². The van der Waals surface area contributed by atoms with Crippen molar-refractivity contribution < 1.29 is 4.74 Å². The van der Waals surface area contributed by atoms with E-state index >= 15 is 0 Å². The van der Waals surface area contributed by atoms with E-state index in [-0.39, 0.29) is 0 Å². The molecule has 0 saturated carbocycles. The number of hydrogen-bond donors (Lipinski definition) is 1. The molecule has 120 valence electrons. The fourth-order valence-electron chi connectivity index (χ4n) is 2.75. The number of aromatic nitrogens is 1. The summed E-state index contributed by atoms with van der Waals surface area (Å²) in [5, 5.41) is 14.0. The molecule has 1 aromatic carbocycles. The highest BCUT2D eigenvalue weighted by atomic mass is 35.5. The van der Waals surface area contributed by atoms with Gasteiger partial charge < -0.3 is 15.0 Å². The van der Waals surface area contributed by atoms with Crippen LogP contribution in [-0.4, -0.2) is 49.2 Å². The van der Waals surface area contributed by atoms with Crippen LogP contribution in [0, 0.1) is 11.3 Å². The zero-order valence-corrected chi connectivity index (χ0v) is 13.6. The van der Waals surface area contributed by atoms with Crippen LogP contribution in [-0.2, 0) is 0 Å². The van der Waals surface area contributed by atoms with Crippen LogP contribution in [0.4, 0.5) is 0 Å². The zero-order valence-electron chi connectivity index (χ0n) is 12.9. The van der Waals surface area contributed by atoms with Crippen molar-refractivity contribution in [1.29, 1.82) is 5.26 Å². The Kier molecular flexibility index (Phi) is 5.29. The molecule has 1 N–H and O–H groups in total. The molecule has 3 rings (SSSR count). The minimum Gasteiger partial charge on any atom is -0.492 e. The predicted octanol–water partition coefficient (Wildman–Crippen LogP) is 2.43. The molecule has 1 aromatic heterocycles. The van der Waals surface area contributed by atoms with Gasteiger partial charge in [0.1, 0.15) is 11.8 Å². The maximum Gasteiger partial charge on any atom is 0.139 e. The molecular weight excluding hydrogens is 312 g/mol. The molecule has 1 aliphatic rings. The standard InChI is InChI=1S/C17H19ClN4O/c18-15-2-3-21-16-11-17(13(12-19)10-14(15)16)23-9-1-6-22-7-4-20-5-8-22/h2-3,10-11,20H,1,4-9H2. The Hall–Kier alpha value is -1.87. The van der Waals surface area contributed by atoms with Crippen molar-refractivity contribution in [3.63, 3.8) is 0 Å². The molecule has 1 saturated heterocycles. The van der Waals surface area contributed by atoms with Gasteiger partial charge in [-0.1, -0.05) is 11.6 Å². The van der Waals surface area contributed by atoms with Crippen LogP contribution in [0.25, 0.3) is 10.9 Å². The average Bonchev–Trinajstić information content (AvgIpc) is 2.59. The van der Waals surface area contributed by atoms with Crippen LogP contribution < -0.4 is 10.1 Å². The third-order valence-corrected chi connectivity index (χ3v) is 4.33. The van der Waals surface area contributed by atoms with Gasteiger partial charge in [-0.25, -0.2) is 0 Å². The third kappa shape index (κ3) is 3.91. The number of piperazine rings is 1. The second-order valence-corrected chi connectivity index (χ2v) is 5.97. The first-order valence-corrected chi connectivity index (χ1v) is 8.20. The molecule has 2 heterocycles. The number of nitriles is 1. The lowest BCUT2D eigenvalue weighted by Gasteiger charge is -2.27. The Morgan fingerprint density at radius 1 is 1.35 bits per heavy atom. The molecule has 1 fully saturated rings. The van der Waals surface area contributed by atoms with Crippen LogP contribution in [0.15, 0.2) is 24.4 Å². The summed E-state index contributed by atoms with van der Waals surface area (Å²) < 4.78 is 5.82. The maximum absolute atomic E-state index is 9.32.